The lowest BCUT2D eigenvalue weighted by molar-refractivity contribution is 1.33. The summed E-state index contributed by atoms with van der Waals surface area (Å²) in [4.78, 5) is 12.3. The second-order valence-corrected chi connectivity index (χ2v) is 4.84. The van der Waals surface area contributed by atoms with Gasteiger partial charge in [-0.15, -0.1) is 0 Å². The maximum Gasteiger partial charge on any atom is 0.138 e. The lowest BCUT2D eigenvalue weighted by Crippen LogP contribution is -1.80. The van der Waals surface area contributed by atoms with Crippen LogP contribution in [0.4, 0.5) is 0 Å². The highest BCUT2D eigenvalue weighted by Crippen LogP contribution is 2.24. The van der Waals surface area contributed by atoms with Gasteiger partial charge in [0, 0.05) is 17.1 Å². The molecule has 0 aliphatic rings. The van der Waals surface area contributed by atoms with Crippen LogP contribution in [-0.4, -0.2) is 15.0 Å². The van der Waals surface area contributed by atoms with E-state index in [9.17, 15) is 0 Å². The number of hydrogen-bond acceptors (Lipinski definition) is 3. The third-order valence-corrected chi connectivity index (χ3v) is 3.49. The zero-order chi connectivity index (χ0) is 14.2. The van der Waals surface area contributed by atoms with Crippen LogP contribution < -0.4 is 0 Å². The molecule has 0 amide bonds. The zero-order valence-corrected chi connectivity index (χ0v) is 11.0. The van der Waals surface area contributed by atoms with Crippen LogP contribution in [0.1, 0.15) is 5.56 Å². The van der Waals surface area contributed by atoms with Gasteiger partial charge in [-0.05, 0) is 42.5 Å². The van der Waals surface area contributed by atoms with Crippen molar-refractivity contribution in [3.63, 3.8) is 0 Å². The van der Waals surface area contributed by atoms with Crippen molar-refractivity contribution in [1.82, 2.24) is 15.0 Å². The minimum absolute atomic E-state index is 0.643. The van der Waals surface area contributed by atoms with Crippen LogP contribution in [0, 0.1) is 11.3 Å². The normalized spacial score (nSPS) is 10.8. The molecule has 0 aliphatic heterocycles. The number of H-pyrrole nitrogens is 1. The fraction of sp³-hybridized carbons (Fsp3) is 0. The second-order valence-electron chi connectivity index (χ2n) is 4.84. The topological polar surface area (TPSA) is 65.4 Å². The fourth-order valence-corrected chi connectivity index (χ4v) is 2.42. The molecule has 0 saturated heterocycles. The molecule has 21 heavy (non-hydrogen) atoms. The number of benzene rings is 2. The van der Waals surface area contributed by atoms with E-state index in [1.165, 1.54) is 0 Å². The highest BCUT2D eigenvalue weighted by molar-refractivity contribution is 5.94. The van der Waals surface area contributed by atoms with Gasteiger partial charge < -0.3 is 4.98 Å². The summed E-state index contributed by atoms with van der Waals surface area (Å²) in [7, 11) is 0. The summed E-state index contributed by atoms with van der Waals surface area (Å²) in [5.41, 5.74) is 4.41. The maximum atomic E-state index is 8.84. The Kier molecular flexibility index (Phi) is 2.45. The van der Waals surface area contributed by atoms with E-state index in [0.717, 1.165) is 33.3 Å². The van der Waals surface area contributed by atoms with Crippen LogP contribution in [0.15, 0.2) is 54.7 Å². The van der Waals surface area contributed by atoms with E-state index in [0.29, 0.717) is 5.56 Å². The molecule has 2 aromatic carbocycles. The van der Waals surface area contributed by atoms with Gasteiger partial charge in [-0.25, -0.2) is 4.98 Å². The minimum Gasteiger partial charge on any atom is -0.338 e. The number of nitrogens with zero attached hydrogens (tertiary/aromatic N) is 3. The van der Waals surface area contributed by atoms with Gasteiger partial charge in [0.15, 0.2) is 0 Å². The van der Waals surface area contributed by atoms with Gasteiger partial charge in [0.2, 0.25) is 0 Å². The molecule has 0 aliphatic carbocycles. The van der Waals surface area contributed by atoms with Crippen molar-refractivity contribution in [2.45, 2.75) is 0 Å². The lowest BCUT2D eigenvalue weighted by atomic mass is 10.1. The average molecular weight is 270 g/mol. The molecule has 4 aromatic rings. The van der Waals surface area contributed by atoms with Crippen LogP contribution in [-0.2, 0) is 0 Å². The summed E-state index contributed by atoms with van der Waals surface area (Å²) in [5.74, 6) is 0.796. The number of imidazole rings is 1. The van der Waals surface area contributed by atoms with Gasteiger partial charge in [0.25, 0.3) is 0 Å². The van der Waals surface area contributed by atoms with Crippen LogP contribution in [0.25, 0.3) is 33.3 Å². The Hall–Kier alpha value is -3.19. The first kappa shape index (κ1) is 11.6. The van der Waals surface area contributed by atoms with Crippen molar-refractivity contribution in [3.8, 4) is 17.5 Å². The van der Waals surface area contributed by atoms with Gasteiger partial charge in [-0.2, -0.15) is 5.26 Å². The van der Waals surface area contributed by atoms with Crippen LogP contribution >= 0.6 is 0 Å². The molecular formula is C17H10N4. The van der Waals surface area contributed by atoms with Crippen LogP contribution in [0.2, 0.25) is 0 Å². The highest BCUT2D eigenvalue weighted by atomic mass is 14.9. The van der Waals surface area contributed by atoms with Gasteiger partial charge in [-0.3, -0.25) is 4.98 Å². The van der Waals surface area contributed by atoms with Crippen molar-refractivity contribution < 1.29 is 0 Å². The van der Waals surface area contributed by atoms with Gasteiger partial charge in [0.1, 0.15) is 5.82 Å². The summed E-state index contributed by atoms with van der Waals surface area (Å²) < 4.78 is 0. The number of fused-ring (bicyclic) bond motifs is 2. The SMILES string of the molecule is N#Cc1ccc(-c2nc3cc4ncccc4cc3[nH]2)cc1. The Balaban J connectivity index is 1.89. The van der Waals surface area contributed by atoms with Crippen molar-refractivity contribution in [2.75, 3.05) is 0 Å². The Morgan fingerprint density at radius 2 is 1.86 bits per heavy atom. The summed E-state index contributed by atoms with van der Waals surface area (Å²) >= 11 is 0. The van der Waals surface area contributed by atoms with Crippen molar-refractivity contribution in [1.29, 1.82) is 5.26 Å². The number of nitriles is 1. The third-order valence-electron chi connectivity index (χ3n) is 3.49. The lowest BCUT2D eigenvalue weighted by Gasteiger charge is -1.95. The van der Waals surface area contributed by atoms with Gasteiger partial charge >= 0.3 is 0 Å². The van der Waals surface area contributed by atoms with Crippen LogP contribution in [0.3, 0.4) is 0 Å². The third kappa shape index (κ3) is 1.92. The average Bonchev–Trinajstić information content (AvgIpc) is 2.95. The van der Waals surface area contributed by atoms with Gasteiger partial charge in [0.05, 0.1) is 28.2 Å². The molecular weight excluding hydrogens is 260 g/mol. The Morgan fingerprint density at radius 1 is 1.00 bits per heavy atom. The van der Waals surface area contributed by atoms with E-state index < -0.39 is 0 Å². The molecule has 1 N–H and O–H groups in total. The smallest absolute Gasteiger partial charge is 0.138 e. The van der Waals surface area contributed by atoms with E-state index in [2.05, 4.69) is 27.1 Å². The van der Waals surface area contributed by atoms with E-state index in [1.807, 2.05) is 30.3 Å². The van der Waals surface area contributed by atoms with E-state index in [1.54, 1.807) is 18.3 Å². The second kappa shape index (κ2) is 4.43. The van der Waals surface area contributed by atoms with Crippen molar-refractivity contribution >= 4 is 21.9 Å². The first-order valence-electron chi connectivity index (χ1n) is 6.58. The standard InChI is InChI=1S/C17H10N4/c18-10-11-3-5-12(6-4-11)17-20-15-8-13-2-1-7-19-14(13)9-16(15)21-17/h1-9H,(H,20,21). The molecule has 2 heterocycles. The number of pyridine rings is 1. The predicted molar refractivity (Wildman–Crippen MR) is 81.5 cm³/mol. The molecule has 4 rings (SSSR count). The number of aromatic amines is 1. The quantitative estimate of drug-likeness (QED) is 0.574. The first-order valence-corrected chi connectivity index (χ1v) is 6.58. The number of aromatic nitrogens is 3. The molecule has 0 spiro atoms. The number of nitrogens with one attached hydrogen (secondary N) is 1. The van der Waals surface area contributed by atoms with Gasteiger partial charge in [-0.1, -0.05) is 6.07 Å². The minimum atomic E-state index is 0.643. The van der Waals surface area contributed by atoms with Crippen LogP contribution in [0.5, 0.6) is 0 Å². The number of rotatable bonds is 1. The first-order chi connectivity index (χ1) is 10.3. The highest BCUT2D eigenvalue weighted by Gasteiger charge is 2.07. The summed E-state index contributed by atoms with van der Waals surface area (Å²) in [5, 5.41) is 9.92. The van der Waals surface area contributed by atoms with E-state index in [-0.39, 0.29) is 0 Å². The molecule has 0 unspecified atom stereocenters. The monoisotopic (exact) mass is 270 g/mol. The number of hydrogen-bond donors (Lipinski definition) is 1. The molecule has 0 atom stereocenters. The Bertz CT molecular complexity index is 938. The molecule has 0 saturated carbocycles. The maximum absolute atomic E-state index is 8.84. The van der Waals surface area contributed by atoms with Crippen molar-refractivity contribution in [3.05, 3.63) is 60.3 Å². The molecule has 2 aromatic heterocycles. The molecule has 0 bridgehead atoms. The summed E-state index contributed by atoms with van der Waals surface area (Å²) in [6.45, 7) is 0. The molecule has 4 nitrogen and oxygen atoms in total. The Labute approximate surface area is 120 Å². The zero-order valence-electron chi connectivity index (χ0n) is 11.0. The molecule has 4 heteroatoms. The molecule has 0 radical (unpaired) electrons. The van der Waals surface area contributed by atoms with E-state index >= 15 is 0 Å². The van der Waals surface area contributed by atoms with E-state index in [4.69, 9.17) is 5.26 Å². The largest absolute Gasteiger partial charge is 0.338 e. The van der Waals surface area contributed by atoms with Crippen molar-refractivity contribution in [2.24, 2.45) is 0 Å². The molecule has 0 fully saturated rings. The molecule has 98 valence electrons. The summed E-state index contributed by atoms with van der Waals surface area (Å²) in [6.07, 6.45) is 1.78. The summed E-state index contributed by atoms with van der Waals surface area (Å²) in [6, 6.07) is 17.5. The fourth-order valence-electron chi connectivity index (χ4n) is 2.42. The predicted octanol–water partition coefficient (Wildman–Crippen LogP) is 3.65. The Morgan fingerprint density at radius 3 is 2.67 bits per heavy atom.